The average molecular weight is 391 g/mol. The number of hydrogen-bond donors (Lipinski definition) is 0. The first-order valence-electron chi connectivity index (χ1n) is 9.16. The number of nitrogens with zero attached hydrogens (tertiary/aromatic N) is 3. The smallest absolute Gasteiger partial charge is 0.266 e. The molecule has 1 atom stereocenters. The normalized spacial score (nSPS) is 21.6. The van der Waals surface area contributed by atoms with E-state index < -0.39 is 17.4 Å². The van der Waals surface area contributed by atoms with Crippen LogP contribution in [-0.4, -0.2) is 35.2 Å². The fraction of sp³-hybridized carbons (Fsp3) is 0.238. The van der Waals surface area contributed by atoms with Crippen LogP contribution in [0.5, 0.6) is 11.5 Å². The van der Waals surface area contributed by atoms with Gasteiger partial charge in [-0.3, -0.25) is 14.4 Å². The van der Waals surface area contributed by atoms with E-state index in [2.05, 4.69) is 5.10 Å². The summed E-state index contributed by atoms with van der Waals surface area (Å²) in [5.41, 5.74) is 0.990. The number of anilines is 1. The lowest BCUT2D eigenvalue weighted by Gasteiger charge is -2.30. The van der Waals surface area contributed by atoms with Crippen molar-refractivity contribution in [1.82, 2.24) is 5.01 Å². The molecule has 3 aliphatic rings. The van der Waals surface area contributed by atoms with Crippen LogP contribution in [0, 0.1) is 0 Å². The van der Waals surface area contributed by atoms with Crippen molar-refractivity contribution in [3.63, 3.8) is 0 Å². The number of ether oxygens (including phenoxy) is 2. The van der Waals surface area contributed by atoms with Gasteiger partial charge in [-0.25, -0.2) is 9.91 Å². The van der Waals surface area contributed by atoms with E-state index in [9.17, 15) is 14.4 Å². The number of hydrogen-bond acceptors (Lipinski definition) is 6. The van der Waals surface area contributed by atoms with E-state index in [1.54, 1.807) is 36.4 Å². The lowest BCUT2D eigenvalue weighted by molar-refractivity contribution is -0.144. The first-order valence-corrected chi connectivity index (χ1v) is 9.16. The maximum absolute atomic E-state index is 13.5. The van der Waals surface area contributed by atoms with E-state index in [1.807, 2.05) is 6.07 Å². The van der Waals surface area contributed by atoms with E-state index in [-0.39, 0.29) is 19.1 Å². The molecule has 0 saturated carbocycles. The van der Waals surface area contributed by atoms with Crippen LogP contribution in [0.1, 0.15) is 31.4 Å². The Morgan fingerprint density at radius 3 is 2.55 bits per heavy atom. The minimum Gasteiger partial charge on any atom is -0.454 e. The molecule has 3 aliphatic heterocycles. The van der Waals surface area contributed by atoms with Gasteiger partial charge in [0.05, 0.1) is 11.4 Å². The van der Waals surface area contributed by atoms with Crippen LogP contribution in [0.2, 0.25) is 0 Å². The first kappa shape index (κ1) is 17.4. The van der Waals surface area contributed by atoms with Gasteiger partial charge in [0.15, 0.2) is 17.0 Å². The molecule has 2 aromatic carbocycles. The third-order valence-electron chi connectivity index (χ3n) is 5.47. The Balaban J connectivity index is 1.65. The van der Waals surface area contributed by atoms with Gasteiger partial charge in [-0.05, 0) is 24.3 Å². The highest BCUT2D eigenvalue weighted by Gasteiger charge is 2.60. The summed E-state index contributed by atoms with van der Waals surface area (Å²) in [6.45, 7) is 2.84. The Bertz CT molecular complexity index is 1130. The van der Waals surface area contributed by atoms with Crippen molar-refractivity contribution in [2.45, 2.75) is 25.8 Å². The summed E-state index contributed by atoms with van der Waals surface area (Å²) in [7, 11) is 0. The summed E-state index contributed by atoms with van der Waals surface area (Å²) >= 11 is 0. The number of imide groups is 1. The van der Waals surface area contributed by atoms with Crippen LogP contribution in [0.4, 0.5) is 5.69 Å². The molecular weight excluding hydrogens is 374 g/mol. The summed E-state index contributed by atoms with van der Waals surface area (Å²) in [6.07, 6.45) is 0.159. The van der Waals surface area contributed by atoms with Crippen LogP contribution in [0.3, 0.4) is 0 Å². The third kappa shape index (κ3) is 2.25. The Morgan fingerprint density at radius 1 is 1.03 bits per heavy atom. The van der Waals surface area contributed by atoms with E-state index in [0.717, 1.165) is 10.5 Å². The highest BCUT2D eigenvalue weighted by molar-refractivity contribution is 6.25. The van der Waals surface area contributed by atoms with E-state index >= 15 is 0 Å². The Morgan fingerprint density at radius 2 is 1.79 bits per heavy atom. The molecule has 8 heteroatoms. The second-order valence-corrected chi connectivity index (χ2v) is 7.16. The number of para-hydroxylation sites is 1. The minimum absolute atomic E-state index is 0.147. The van der Waals surface area contributed by atoms with Crippen molar-refractivity contribution in [3.8, 4) is 11.5 Å². The second kappa shape index (κ2) is 5.91. The average Bonchev–Trinajstić information content (AvgIpc) is 3.38. The summed E-state index contributed by atoms with van der Waals surface area (Å²) < 4.78 is 10.8. The second-order valence-electron chi connectivity index (χ2n) is 7.16. The van der Waals surface area contributed by atoms with Gasteiger partial charge in [0.2, 0.25) is 18.6 Å². The van der Waals surface area contributed by atoms with E-state index in [4.69, 9.17) is 9.47 Å². The molecule has 29 heavy (non-hydrogen) atoms. The molecule has 3 amide bonds. The number of rotatable bonds is 1. The SMILES string of the molecule is CC(=O)N1C(=O)[C@]2(CC(c3ccc4c(c3)OCO4)=NN2C(C)=O)c2ccccc21. The van der Waals surface area contributed by atoms with Crippen molar-refractivity contribution in [2.75, 3.05) is 11.7 Å². The lowest BCUT2D eigenvalue weighted by Crippen LogP contribution is -2.51. The highest BCUT2D eigenvalue weighted by Crippen LogP contribution is 2.50. The largest absolute Gasteiger partial charge is 0.454 e. The fourth-order valence-corrected chi connectivity index (χ4v) is 4.25. The summed E-state index contributed by atoms with van der Waals surface area (Å²) in [6, 6.07) is 12.4. The molecule has 0 aliphatic carbocycles. The number of hydrazone groups is 1. The van der Waals surface area contributed by atoms with Crippen LogP contribution < -0.4 is 14.4 Å². The maximum atomic E-state index is 13.5. The van der Waals surface area contributed by atoms with E-state index in [0.29, 0.717) is 28.5 Å². The topological polar surface area (TPSA) is 88.5 Å². The summed E-state index contributed by atoms with van der Waals surface area (Å²) in [5.74, 6) is -0.0332. The molecule has 0 radical (unpaired) electrons. The van der Waals surface area contributed by atoms with E-state index in [1.165, 1.54) is 18.9 Å². The monoisotopic (exact) mass is 391 g/mol. The standard InChI is InChI=1S/C21H17N3O5/c1-12(25)23-17-6-4-3-5-15(17)21(20(23)27)10-16(22-24(21)13(2)26)14-7-8-18-19(9-14)29-11-28-18/h3-9H,10-11H2,1-2H3/t21-/m0/s1. The van der Waals surface area contributed by atoms with Crippen molar-refractivity contribution in [3.05, 3.63) is 53.6 Å². The van der Waals surface area contributed by atoms with Gasteiger partial charge in [-0.15, -0.1) is 0 Å². The number of benzene rings is 2. The zero-order chi connectivity index (χ0) is 20.3. The molecule has 0 bridgehead atoms. The van der Waals surface area contributed by atoms with Crippen molar-refractivity contribution >= 4 is 29.1 Å². The predicted octanol–water partition coefficient (Wildman–Crippen LogP) is 2.16. The van der Waals surface area contributed by atoms with Gasteiger partial charge in [0, 0.05) is 31.4 Å². The van der Waals surface area contributed by atoms with Gasteiger partial charge >= 0.3 is 0 Å². The van der Waals surface area contributed by atoms with Gasteiger partial charge < -0.3 is 9.47 Å². The van der Waals surface area contributed by atoms with Crippen LogP contribution >= 0.6 is 0 Å². The third-order valence-corrected chi connectivity index (χ3v) is 5.47. The van der Waals surface area contributed by atoms with Crippen molar-refractivity contribution < 1.29 is 23.9 Å². The molecule has 8 nitrogen and oxygen atoms in total. The van der Waals surface area contributed by atoms with Crippen LogP contribution in [0.25, 0.3) is 0 Å². The van der Waals surface area contributed by atoms with Gasteiger partial charge in [-0.1, -0.05) is 18.2 Å². The minimum atomic E-state index is -1.38. The number of amides is 3. The van der Waals surface area contributed by atoms with Crippen molar-refractivity contribution in [1.29, 1.82) is 0 Å². The molecule has 0 N–H and O–H groups in total. The maximum Gasteiger partial charge on any atom is 0.266 e. The summed E-state index contributed by atoms with van der Waals surface area (Å²) in [4.78, 5) is 39.4. The molecule has 3 heterocycles. The highest BCUT2D eigenvalue weighted by atomic mass is 16.7. The zero-order valence-electron chi connectivity index (χ0n) is 15.8. The number of carbonyl (C=O) groups excluding carboxylic acids is 3. The Hall–Kier alpha value is -3.68. The molecule has 2 aromatic rings. The summed E-state index contributed by atoms with van der Waals surface area (Å²) in [5, 5.41) is 5.71. The number of fused-ring (bicyclic) bond motifs is 3. The van der Waals surface area contributed by atoms with Crippen LogP contribution in [-0.2, 0) is 19.9 Å². The lowest BCUT2D eigenvalue weighted by atomic mass is 9.85. The quantitative estimate of drug-likeness (QED) is 0.743. The molecule has 0 fully saturated rings. The van der Waals surface area contributed by atoms with Gasteiger partial charge in [-0.2, -0.15) is 5.10 Å². The zero-order valence-corrected chi connectivity index (χ0v) is 15.8. The predicted molar refractivity (Wildman–Crippen MR) is 103 cm³/mol. The van der Waals surface area contributed by atoms with Gasteiger partial charge in [0.1, 0.15) is 0 Å². The molecule has 0 aromatic heterocycles. The Kier molecular flexibility index (Phi) is 3.55. The molecule has 146 valence electrons. The molecule has 5 rings (SSSR count). The molecular formula is C21H17N3O5. The first-order chi connectivity index (χ1) is 13.9. The molecule has 0 saturated heterocycles. The fourth-order valence-electron chi connectivity index (χ4n) is 4.25. The number of carbonyl (C=O) groups is 3. The van der Waals surface area contributed by atoms with Crippen LogP contribution in [0.15, 0.2) is 47.6 Å². The molecule has 1 spiro atoms. The Labute approximate surface area is 166 Å². The van der Waals surface area contributed by atoms with Crippen molar-refractivity contribution in [2.24, 2.45) is 5.10 Å². The molecule has 0 unspecified atom stereocenters. The van der Waals surface area contributed by atoms with Gasteiger partial charge in [0.25, 0.3) is 5.91 Å².